The molecule has 1 amide bonds. The Bertz CT molecular complexity index is 812. The minimum Gasteiger partial charge on any atom is -0.378 e. The molecule has 0 aliphatic carbocycles. The van der Waals surface area contributed by atoms with E-state index in [1.807, 2.05) is 40.1 Å². The molecule has 5 nitrogen and oxygen atoms in total. The van der Waals surface area contributed by atoms with Crippen LogP contribution in [-0.2, 0) is 4.79 Å². The summed E-state index contributed by atoms with van der Waals surface area (Å²) in [4.78, 5) is 18.1. The zero-order valence-corrected chi connectivity index (χ0v) is 18.5. The molecule has 2 aromatic rings. The van der Waals surface area contributed by atoms with E-state index in [0.29, 0.717) is 6.54 Å². The molecule has 2 aromatic carbocycles. The predicted octanol–water partition coefficient (Wildman–Crippen LogP) is 2.11. The monoisotopic (exact) mass is 413 g/mol. The number of nitrogens with zero attached hydrogens (tertiary/aromatic N) is 2. The van der Waals surface area contributed by atoms with Crippen LogP contribution in [-0.4, -0.2) is 52.7 Å². The smallest absolute Gasteiger partial charge is 0.222 e. The van der Waals surface area contributed by atoms with Gasteiger partial charge in [0.15, 0.2) is 0 Å². The quantitative estimate of drug-likeness (QED) is 0.731. The molecule has 0 saturated carbocycles. The van der Waals surface area contributed by atoms with Crippen LogP contribution in [0.15, 0.2) is 48.5 Å². The first-order valence-corrected chi connectivity index (χ1v) is 10.7. The molecule has 0 spiro atoms. The highest BCUT2D eigenvalue weighted by Crippen LogP contribution is 2.18. The minimum absolute atomic E-state index is 0.0212. The van der Waals surface area contributed by atoms with E-state index in [-0.39, 0.29) is 23.7 Å². The summed E-state index contributed by atoms with van der Waals surface area (Å²) in [5, 5.41) is 3.14. The Morgan fingerprint density at radius 3 is 2.20 bits per heavy atom. The summed E-state index contributed by atoms with van der Waals surface area (Å²) >= 11 is 0. The summed E-state index contributed by atoms with van der Waals surface area (Å²) in [6.45, 7) is 8.22. The Balaban J connectivity index is 1.71. The number of amides is 1. The lowest BCUT2D eigenvalue weighted by Crippen LogP contribution is -3.15. The molecule has 0 unspecified atom stereocenters. The number of anilines is 2. The highest BCUT2D eigenvalue weighted by molar-refractivity contribution is 5.77. The van der Waals surface area contributed by atoms with Crippen molar-refractivity contribution < 1.29 is 14.1 Å². The third-order valence-corrected chi connectivity index (χ3v) is 5.91. The van der Waals surface area contributed by atoms with Crippen molar-refractivity contribution in [2.24, 2.45) is 5.92 Å². The lowest BCUT2D eigenvalue weighted by Gasteiger charge is -2.38. The molecule has 1 saturated heterocycles. The Kier molecular flexibility index (Phi) is 7.32. The van der Waals surface area contributed by atoms with E-state index < -0.39 is 0 Å². The van der Waals surface area contributed by atoms with Crippen LogP contribution in [0.5, 0.6) is 0 Å². The molecule has 30 heavy (non-hydrogen) atoms. The maximum atomic E-state index is 13.2. The first-order chi connectivity index (χ1) is 14.3. The van der Waals surface area contributed by atoms with Gasteiger partial charge >= 0.3 is 0 Å². The van der Waals surface area contributed by atoms with Gasteiger partial charge in [0.25, 0.3) is 0 Å². The van der Waals surface area contributed by atoms with Crippen LogP contribution in [0, 0.1) is 11.7 Å². The number of carbonyl (C=O) groups excluding carboxylic acids is 1. The fourth-order valence-corrected chi connectivity index (χ4v) is 3.96. The van der Waals surface area contributed by atoms with Gasteiger partial charge in [-0.3, -0.25) is 4.79 Å². The van der Waals surface area contributed by atoms with Gasteiger partial charge in [-0.25, -0.2) is 4.39 Å². The number of rotatable bonds is 7. The predicted molar refractivity (Wildman–Crippen MR) is 121 cm³/mol. The first kappa shape index (κ1) is 22.1. The molecule has 1 fully saturated rings. The zero-order chi connectivity index (χ0) is 21.7. The molecule has 2 N–H and O–H groups in total. The van der Waals surface area contributed by atoms with E-state index in [1.165, 1.54) is 28.3 Å². The third-order valence-electron chi connectivity index (χ3n) is 5.91. The van der Waals surface area contributed by atoms with E-state index in [4.69, 9.17) is 0 Å². The average molecular weight is 414 g/mol. The van der Waals surface area contributed by atoms with Crippen molar-refractivity contribution in [3.63, 3.8) is 0 Å². The van der Waals surface area contributed by atoms with Crippen molar-refractivity contribution in [2.45, 2.75) is 19.9 Å². The van der Waals surface area contributed by atoms with Crippen LogP contribution < -0.4 is 20.0 Å². The normalized spacial score (nSPS) is 15.9. The standard InChI is InChI=1S/C24H33FN4O/c1-18(2)24(30)26-17-23(19-5-9-21(10-6-19)27(3)4)29-15-13-28(14-16-29)22-11-7-20(25)8-12-22/h5-12,18,23H,13-17H2,1-4H3,(H,26,30)/p+1/t23-/m0/s1. The van der Waals surface area contributed by atoms with Gasteiger partial charge in [-0.1, -0.05) is 26.0 Å². The molecule has 1 aliphatic heterocycles. The van der Waals surface area contributed by atoms with Crippen LogP contribution in [0.2, 0.25) is 0 Å². The van der Waals surface area contributed by atoms with E-state index >= 15 is 0 Å². The van der Waals surface area contributed by atoms with Gasteiger partial charge in [0.05, 0.1) is 32.7 Å². The summed E-state index contributed by atoms with van der Waals surface area (Å²) in [6.07, 6.45) is 0. The van der Waals surface area contributed by atoms with Gasteiger partial charge < -0.3 is 20.0 Å². The topological polar surface area (TPSA) is 40.0 Å². The Morgan fingerprint density at radius 2 is 1.67 bits per heavy atom. The van der Waals surface area contributed by atoms with Gasteiger partial charge in [0.1, 0.15) is 11.9 Å². The number of hydrogen-bond donors (Lipinski definition) is 2. The summed E-state index contributed by atoms with van der Waals surface area (Å²) in [7, 11) is 4.07. The van der Waals surface area contributed by atoms with E-state index in [2.05, 4.69) is 39.4 Å². The van der Waals surface area contributed by atoms with E-state index in [0.717, 1.165) is 31.9 Å². The fourth-order valence-electron chi connectivity index (χ4n) is 3.96. The van der Waals surface area contributed by atoms with Gasteiger partial charge in [0, 0.05) is 37.0 Å². The second kappa shape index (κ2) is 9.94. The number of benzene rings is 2. The van der Waals surface area contributed by atoms with Gasteiger partial charge in [-0.05, 0) is 36.4 Å². The molecule has 6 heteroatoms. The number of piperazine rings is 1. The molecule has 162 valence electrons. The average Bonchev–Trinajstić information content (AvgIpc) is 2.75. The van der Waals surface area contributed by atoms with Crippen LogP contribution in [0.3, 0.4) is 0 Å². The van der Waals surface area contributed by atoms with Crippen molar-refractivity contribution in [1.29, 1.82) is 0 Å². The SMILES string of the molecule is CC(C)C(=O)NC[C@@H](c1ccc(N(C)C)cc1)[NH+]1CCN(c2ccc(F)cc2)CC1. The number of halogens is 1. The Morgan fingerprint density at radius 1 is 1.07 bits per heavy atom. The molecule has 1 aliphatic rings. The maximum Gasteiger partial charge on any atom is 0.222 e. The van der Waals surface area contributed by atoms with Crippen LogP contribution >= 0.6 is 0 Å². The van der Waals surface area contributed by atoms with Gasteiger partial charge in [0.2, 0.25) is 5.91 Å². The number of carbonyl (C=O) groups is 1. The van der Waals surface area contributed by atoms with Crippen molar-refractivity contribution in [3.05, 3.63) is 59.9 Å². The maximum absolute atomic E-state index is 13.2. The van der Waals surface area contributed by atoms with E-state index in [1.54, 1.807) is 0 Å². The van der Waals surface area contributed by atoms with Gasteiger partial charge in [-0.2, -0.15) is 0 Å². The summed E-state index contributed by atoms with van der Waals surface area (Å²) < 4.78 is 13.2. The second-order valence-electron chi connectivity index (χ2n) is 8.56. The lowest BCUT2D eigenvalue weighted by atomic mass is 10.0. The molecule has 1 heterocycles. The van der Waals surface area contributed by atoms with Crippen molar-refractivity contribution in [2.75, 3.05) is 56.6 Å². The molecule has 0 radical (unpaired) electrons. The molecule has 3 rings (SSSR count). The zero-order valence-electron chi connectivity index (χ0n) is 18.5. The molecular weight excluding hydrogens is 379 g/mol. The van der Waals surface area contributed by atoms with Gasteiger partial charge in [-0.15, -0.1) is 0 Å². The van der Waals surface area contributed by atoms with Crippen molar-refractivity contribution >= 4 is 17.3 Å². The highest BCUT2D eigenvalue weighted by atomic mass is 19.1. The van der Waals surface area contributed by atoms with Crippen molar-refractivity contribution in [3.8, 4) is 0 Å². The molecular formula is C24H34FN4O+. The Hall–Kier alpha value is -2.60. The van der Waals surface area contributed by atoms with Crippen LogP contribution in [0.4, 0.5) is 15.8 Å². The highest BCUT2D eigenvalue weighted by Gasteiger charge is 2.29. The molecule has 0 aromatic heterocycles. The number of hydrogen-bond acceptors (Lipinski definition) is 3. The fraction of sp³-hybridized carbons (Fsp3) is 0.458. The van der Waals surface area contributed by atoms with E-state index in [9.17, 15) is 9.18 Å². The number of nitrogens with one attached hydrogen (secondary N) is 2. The minimum atomic E-state index is -0.204. The second-order valence-corrected chi connectivity index (χ2v) is 8.56. The third kappa shape index (κ3) is 5.51. The summed E-state index contributed by atoms with van der Waals surface area (Å²) in [5.74, 6) is -0.133. The molecule has 1 atom stereocenters. The largest absolute Gasteiger partial charge is 0.378 e. The van der Waals surface area contributed by atoms with Crippen LogP contribution in [0.1, 0.15) is 25.5 Å². The molecule has 0 bridgehead atoms. The van der Waals surface area contributed by atoms with Crippen LogP contribution in [0.25, 0.3) is 0 Å². The van der Waals surface area contributed by atoms with Crippen molar-refractivity contribution in [1.82, 2.24) is 5.32 Å². The lowest BCUT2D eigenvalue weighted by molar-refractivity contribution is -0.931. The number of quaternary nitrogens is 1. The first-order valence-electron chi connectivity index (χ1n) is 10.7. The Labute approximate surface area is 179 Å². The summed E-state index contributed by atoms with van der Waals surface area (Å²) in [5.41, 5.74) is 3.48. The summed E-state index contributed by atoms with van der Waals surface area (Å²) in [6, 6.07) is 15.6.